The number of anilines is 2. The third kappa shape index (κ3) is 5.04. The lowest BCUT2D eigenvalue weighted by Crippen LogP contribution is -2.49. The van der Waals surface area contributed by atoms with E-state index < -0.39 is 17.7 Å². The number of hydrogen-bond donors (Lipinski definition) is 1. The van der Waals surface area contributed by atoms with Gasteiger partial charge in [-0.05, 0) is 23.6 Å². The second-order valence-corrected chi connectivity index (χ2v) is 7.25. The number of rotatable bonds is 5. The number of carbonyl (C=O) groups is 2. The molecule has 156 valence electrons. The molecule has 11 heteroatoms. The molecule has 2 aromatic heterocycles. The number of pyridine rings is 1. The predicted octanol–water partition coefficient (Wildman–Crippen LogP) is 2.71. The summed E-state index contributed by atoms with van der Waals surface area (Å²) in [6.45, 7) is 1.53. The fourth-order valence-electron chi connectivity index (χ4n) is 3.04. The lowest BCUT2D eigenvalue weighted by atomic mass is 10.2. The van der Waals surface area contributed by atoms with E-state index in [1.54, 1.807) is 16.3 Å². The minimum atomic E-state index is -4.47. The van der Waals surface area contributed by atoms with Crippen molar-refractivity contribution in [2.45, 2.75) is 6.18 Å². The van der Waals surface area contributed by atoms with Crippen LogP contribution in [-0.2, 0) is 15.7 Å². The van der Waals surface area contributed by atoms with E-state index in [1.165, 1.54) is 19.4 Å². The summed E-state index contributed by atoms with van der Waals surface area (Å²) in [6.07, 6.45) is -3.14. The van der Waals surface area contributed by atoms with Crippen molar-refractivity contribution in [1.29, 1.82) is 0 Å². The third-order valence-electron chi connectivity index (χ3n) is 4.44. The molecule has 0 unspecified atom stereocenters. The smallest absolute Gasteiger partial charge is 0.419 e. The third-order valence-corrected chi connectivity index (χ3v) is 5.34. The number of piperazine rings is 1. The molecule has 0 radical (unpaired) electrons. The van der Waals surface area contributed by atoms with Crippen molar-refractivity contribution < 1.29 is 27.5 Å². The summed E-state index contributed by atoms with van der Waals surface area (Å²) < 4.78 is 44.2. The van der Waals surface area contributed by atoms with Crippen LogP contribution in [0, 0.1) is 0 Å². The number of thiophene rings is 1. The lowest BCUT2D eigenvalue weighted by molar-refractivity contribution is -0.137. The first-order valence-corrected chi connectivity index (χ1v) is 9.62. The fourth-order valence-corrected chi connectivity index (χ4v) is 3.81. The molecule has 3 rings (SSSR count). The normalized spacial score (nSPS) is 15.2. The van der Waals surface area contributed by atoms with Crippen molar-refractivity contribution in [1.82, 2.24) is 9.88 Å². The van der Waals surface area contributed by atoms with Gasteiger partial charge in [0, 0.05) is 32.4 Å². The maximum Gasteiger partial charge on any atom is 0.419 e. The van der Waals surface area contributed by atoms with Crippen LogP contribution in [-0.4, -0.2) is 61.6 Å². The fraction of sp³-hybridized carbons (Fsp3) is 0.389. The molecule has 0 saturated carbocycles. The molecule has 0 atom stereocenters. The second kappa shape index (κ2) is 8.78. The van der Waals surface area contributed by atoms with Gasteiger partial charge in [-0.25, -0.2) is 9.78 Å². The molecule has 1 amide bonds. The number of hydrogen-bond acceptors (Lipinski definition) is 7. The van der Waals surface area contributed by atoms with Gasteiger partial charge in [0.25, 0.3) is 0 Å². The van der Waals surface area contributed by atoms with E-state index >= 15 is 0 Å². The van der Waals surface area contributed by atoms with Crippen molar-refractivity contribution in [3.63, 3.8) is 0 Å². The number of ether oxygens (including phenoxy) is 1. The standard InChI is InChI=1S/C18H19F3N4O3S/c1-28-17(27)15-13(4-10-29-15)23-14(26)11-24-6-8-25(9-7-24)16-12(18(19,20)21)3-2-5-22-16/h2-5,10H,6-9,11H2,1H3,(H,23,26). The molecule has 0 aliphatic carbocycles. The molecule has 0 aromatic carbocycles. The zero-order chi connectivity index (χ0) is 21.0. The predicted molar refractivity (Wildman–Crippen MR) is 102 cm³/mol. The zero-order valence-electron chi connectivity index (χ0n) is 15.5. The first-order chi connectivity index (χ1) is 13.8. The van der Waals surface area contributed by atoms with E-state index in [-0.39, 0.29) is 18.3 Å². The van der Waals surface area contributed by atoms with Gasteiger partial charge in [0.05, 0.1) is 24.9 Å². The average molecular weight is 428 g/mol. The van der Waals surface area contributed by atoms with Crippen molar-refractivity contribution in [3.05, 3.63) is 40.2 Å². The van der Waals surface area contributed by atoms with Crippen molar-refractivity contribution >= 4 is 34.7 Å². The van der Waals surface area contributed by atoms with E-state index in [2.05, 4.69) is 15.0 Å². The van der Waals surface area contributed by atoms with Crippen LogP contribution in [0.25, 0.3) is 0 Å². The molecule has 1 aliphatic rings. The topological polar surface area (TPSA) is 74.8 Å². The van der Waals surface area contributed by atoms with Crippen molar-refractivity contribution in [2.24, 2.45) is 0 Å². The molecule has 1 aliphatic heterocycles. The lowest BCUT2D eigenvalue weighted by Gasteiger charge is -2.35. The molecular weight excluding hydrogens is 409 g/mol. The van der Waals surface area contributed by atoms with Crippen LogP contribution in [0.2, 0.25) is 0 Å². The number of nitrogens with zero attached hydrogens (tertiary/aromatic N) is 3. The van der Waals surface area contributed by atoms with Crippen LogP contribution in [0.3, 0.4) is 0 Å². The Morgan fingerprint density at radius 3 is 2.62 bits per heavy atom. The Labute approximate surface area is 169 Å². The Balaban J connectivity index is 1.56. The van der Waals surface area contributed by atoms with Gasteiger partial charge in [0.1, 0.15) is 10.7 Å². The van der Waals surface area contributed by atoms with Crippen molar-refractivity contribution in [3.8, 4) is 0 Å². The van der Waals surface area contributed by atoms with Crippen LogP contribution in [0.4, 0.5) is 24.7 Å². The van der Waals surface area contributed by atoms with E-state index in [1.807, 2.05) is 4.90 Å². The molecule has 7 nitrogen and oxygen atoms in total. The highest BCUT2D eigenvalue weighted by molar-refractivity contribution is 7.12. The maximum atomic E-state index is 13.2. The van der Waals surface area contributed by atoms with Gasteiger partial charge in [-0.2, -0.15) is 13.2 Å². The Kier molecular flexibility index (Phi) is 6.38. The summed E-state index contributed by atoms with van der Waals surface area (Å²) in [7, 11) is 1.26. The molecule has 3 heterocycles. The number of alkyl halides is 3. The number of carbonyl (C=O) groups excluding carboxylic acids is 2. The highest BCUT2D eigenvalue weighted by Crippen LogP contribution is 2.35. The summed E-state index contributed by atoms with van der Waals surface area (Å²) >= 11 is 1.16. The summed E-state index contributed by atoms with van der Waals surface area (Å²) in [5, 5.41) is 4.35. The number of nitrogens with one attached hydrogen (secondary N) is 1. The molecule has 1 fully saturated rings. The number of aromatic nitrogens is 1. The molecular formula is C18H19F3N4O3S. The first kappa shape index (κ1) is 21.1. The molecule has 0 bridgehead atoms. The SMILES string of the molecule is COC(=O)c1sccc1NC(=O)CN1CCN(c2ncccc2C(F)(F)F)CC1. The summed E-state index contributed by atoms with van der Waals surface area (Å²) in [5.74, 6) is -0.930. The number of esters is 1. The number of methoxy groups -OCH3 is 1. The largest absolute Gasteiger partial charge is 0.465 e. The van der Waals surface area contributed by atoms with Crippen LogP contribution in [0.1, 0.15) is 15.2 Å². The quantitative estimate of drug-likeness (QED) is 0.739. The van der Waals surface area contributed by atoms with Gasteiger partial charge in [-0.15, -0.1) is 11.3 Å². The summed E-state index contributed by atoms with van der Waals surface area (Å²) in [4.78, 5) is 31.6. The Bertz CT molecular complexity index is 879. The molecule has 1 saturated heterocycles. The van der Waals surface area contributed by atoms with Gasteiger partial charge in [0.15, 0.2) is 0 Å². The van der Waals surface area contributed by atoms with E-state index in [0.29, 0.717) is 36.7 Å². The maximum absolute atomic E-state index is 13.2. The Morgan fingerprint density at radius 2 is 1.97 bits per heavy atom. The van der Waals surface area contributed by atoms with Gasteiger partial charge in [-0.3, -0.25) is 9.69 Å². The van der Waals surface area contributed by atoms with Gasteiger partial charge in [0.2, 0.25) is 5.91 Å². The molecule has 2 aromatic rings. The highest BCUT2D eigenvalue weighted by Gasteiger charge is 2.36. The monoisotopic (exact) mass is 428 g/mol. The van der Waals surface area contributed by atoms with Gasteiger partial charge in [-0.1, -0.05) is 0 Å². The van der Waals surface area contributed by atoms with E-state index in [4.69, 9.17) is 0 Å². The second-order valence-electron chi connectivity index (χ2n) is 6.34. The van der Waals surface area contributed by atoms with Crippen LogP contribution >= 0.6 is 11.3 Å². The van der Waals surface area contributed by atoms with Crippen molar-refractivity contribution in [2.75, 3.05) is 50.1 Å². The van der Waals surface area contributed by atoms with E-state index in [9.17, 15) is 22.8 Å². The average Bonchev–Trinajstić information content (AvgIpc) is 3.15. The summed E-state index contributed by atoms with van der Waals surface area (Å²) in [5.41, 5.74) is -0.382. The molecule has 1 N–H and O–H groups in total. The molecule has 29 heavy (non-hydrogen) atoms. The minimum Gasteiger partial charge on any atom is -0.465 e. The van der Waals surface area contributed by atoms with Gasteiger partial charge >= 0.3 is 12.1 Å². The van der Waals surface area contributed by atoms with Gasteiger partial charge < -0.3 is 15.0 Å². The first-order valence-electron chi connectivity index (χ1n) is 8.74. The van der Waals surface area contributed by atoms with Crippen LogP contribution < -0.4 is 10.2 Å². The Hall–Kier alpha value is -2.66. The highest BCUT2D eigenvalue weighted by atomic mass is 32.1. The van der Waals surface area contributed by atoms with Crippen LogP contribution in [0.5, 0.6) is 0 Å². The number of amides is 1. The Morgan fingerprint density at radius 1 is 1.24 bits per heavy atom. The van der Waals surface area contributed by atoms with E-state index in [0.717, 1.165) is 17.4 Å². The minimum absolute atomic E-state index is 0.0681. The zero-order valence-corrected chi connectivity index (χ0v) is 16.3. The summed E-state index contributed by atoms with van der Waals surface area (Å²) in [6, 6.07) is 3.90. The van der Waals surface area contributed by atoms with Crippen LogP contribution in [0.15, 0.2) is 29.8 Å². The molecule has 0 spiro atoms. The number of halogens is 3.